The standard InChI is InChI=1S/C21H22N4O3/c1-14-15-7-9-16(10-8-15)18(26)6-4-2-3-5-11-25-19-17(13-28-21(25)27)12-22-20(23-14)24-19/h3,5,7-10,12,14H,2,4,6,11,13H2,1H3,(H,22,23,24)/b5-3+/t14-/m0/s1. The van der Waals surface area contributed by atoms with E-state index in [1.807, 2.05) is 43.3 Å². The number of allylic oxidation sites excluding steroid dienone is 1. The molecule has 4 heterocycles. The Morgan fingerprint density at radius 3 is 2.82 bits per heavy atom. The van der Waals surface area contributed by atoms with E-state index < -0.39 is 6.09 Å². The highest BCUT2D eigenvalue weighted by atomic mass is 16.6. The summed E-state index contributed by atoms with van der Waals surface area (Å²) in [5.74, 6) is 1.16. The second-order valence-corrected chi connectivity index (χ2v) is 6.98. The van der Waals surface area contributed by atoms with Crippen LogP contribution in [-0.4, -0.2) is 28.4 Å². The van der Waals surface area contributed by atoms with Crippen LogP contribution in [0.1, 0.15) is 53.7 Å². The number of nitrogens with zero attached hydrogens (tertiary/aromatic N) is 3. The van der Waals surface area contributed by atoms with E-state index in [0.717, 1.165) is 29.5 Å². The number of ether oxygens (including phenoxy) is 1. The molecule has 0 unspecified atom stereocenters. The van der Waals surface area contributed by atoms with Gasteiger partial charge in [0.05, 0.1) is 11.6 Å². The Bertz CT molecular complexity index is 924. The van der Waals surface area contributed by atoms with Gasteiger partial charge < -0.3 is 10.1 Å². The number of carbonyl (C=O) groups is 2. The van der Waals surface area contributed by atoms with E-state index in [2.05, 4.69) is 15.3 Å². The van der Waals surface area contributed by atoms with Gasteiger partial charge in [-0.3, -0.25) is 9.69 Å². The molecule has 0 radical (unpaired) electrons. The second kappa shape index (κ2) is 7.80. The molecule has 0 fully saturated rings. The predicted octanol–water partition coefficient (Wildman–Crippen LogP) is 4.03. The van der Waals surface area contributed by atoms with E-state index in [4.69, 9.17) is 4.74 Å². The summed E-state index contributed by atoms with van der Waals surface area (Å²) in [6.45, 7) is 2.54. The van der Waals surface area contributed by atoms with Crippen LogP contribution in [0.25, 0.3) is 0 Å². The molecule has 0 aliphatic carbocycles. The Balaban J connectivity index is 1.68. The van der Waals surface area contributed by atoms with E-state index in [9.17, 15) is 9.59 Å². The lowest BCUT2D eigenvalue weighted by Gasteiger charge is -2.27. The van der Waals surface area contributed by atoms with Crippen molar-refractivity contribution < 1.29 is 14.3 Å². The summed E-state index contributed by atoms with van der Waals surface area (Å²) in [5.41, 5.74) is 2.53. The molecule has 1 amide bonds. The lowest BCUT2D eigenvalue weighted by molar-refractivity contribution is 0.0980. The summed E-state index contributed by atoms with van der Waals surface area (Å²) >= 11 is 0. The quantitative estimate of drug-likeness (QED) is 0.697. The number of Topliss-reactive ketones (excluding diaryl/α,β-unsaturated/α-hetero) is 1. The number of hydrogen-bond acceptors (Lipinski definition) is 6. The zero-order valence-corrected chi connectivity index (χ0v) is 15.7. The first-order valence-corrected chi connectivity index (χ1v) is 9.47. The summed E-state index contributed by atoms with van der Waals surface area (Å²) < 4.78 is 5.22. The van der Waals surface area contributed by atoms with Gasteiger partial charge in [-0.2, -0.15) is 4.98 Å². The Kier molecular flexibility index (Phi) is 5.06. The molecule has 1 aromatic heterocycles. The SMILES string of the molecule is C[C@@H]1Nc2ncc3c(n2)N(C/C=C/CCCC(=O)c2ccc1cc2)C(=O)OC3. The third kappa shape index (κ3) is 3.74. The predicted molar refractivity (Wildman–Crippen MR) is 105 cm³/mol. The molecule has 144 valence electrons. The number of hydrogen-bond donors (Lipinski definition) is 1. The largest absolute Gasteiger partial charge is 0.444 e. The maximum Gasteiger partial charge on any atom is 0.416 e. The van der Waals surface area contributed by atoms with Crippen molar-refractivity contribution >= 4 is 23.6 Å². The smallest absolute Gasteiger partial charge is 0.416 e. The number of benzene rings is 1. The summed E-state index contributed by atoms with van der Waals surface area (Å²) in [6.07, 6.45) is 7.20. The normalized spacial score (nSPS) is 20.9. The second-order valence-electron chi connectivity index (χ2n) is 6.98. The zero-order valence-electron chi connectivity index (χ0n) is 15.7. The number of cyclic esters (lactones) is 1. The van der Waals surface area contributed by atoms with Gasteiger partial charge in [-0.1, -0.05) is 36.4 Å². The van der Waals surface area contributed by atoms with Gasteiger partial charge in [0.25, 0.3) is 0 Å². The summed E-state index contributed by atoms with van der Waals surface area (Å²) in [6, 6.07) is 7.59. The van der Waals surface area contributed by atoms with Crippen LogP contribution in [0.15, 0.2) is 42.6 Å². The van der Waals surface area contributed by atoms with Gasteiger partial charge in [0, 0.05) is 24.7 Å². The van der Waals surface area contributed by atoms with Crippen LogP contribution in [0.2, 0.25) is 0 Å². The first-order chi connectivity index (χ1) is 13.6. The van der Waals surface area contributed by atoms with Crippen LogP contribution in [0.4, 0.5) is 16.6 Å². The van der Waals surface area contributed by atoms with Crippen molar-refractivity contribution in [3.05, 3.63) is 59.3 Å². The monoisotopic (exact) mass is 378 g/mol. The fraction of sp³-hybridized carbons (Fsp3) is 0.333. The number of ketones is 1. The Hall–Kier alpha value is -3.22. The van der Waals surface area contributed by atoms with Crippen molar-refractivity contribution in [1.29, 1.82) is 0 Å². The molecule has 5 rings (SSSR count). The van der Waals surface area contributed by atoms with Gasteiger partial charge in [0.1, 0.15) is 6.61 Å². The number of carbonyl (C=O) groups excluding carboxylic acids is 2. The molecule has 4 bridgehead atoms. The maximum atomic E-state index is 12.3. The molecular weight excluding hydrogens is 356 g/mol. The van der Waals surface area contributed by atoms with Gasteiger partial charge in [-0.05, 0) is 25.3 Å². The highest BCUT2D eigenvalue weighted by Crippen LogP contribution is 2.27. The van der Waals surface area contributed by atoms with Crippen molar-refractivity contribution in [3.63, 3.8) is 0 Å². The van der Waals surface area contributed by atoms with Gasteiger partial charge in [0.2, 0.25) is 5.95 Å². The third-order valence-electron chi connectivity index (χ3n) is 4.98. The molecule has 0 spiro atoms. The van der Waals surface area contributed by atoms with Gasteiger partial charge in [-0.15, -0.1) is 0 Å². The summed E-state index contributed by atoms with van der Waals surface area (Å²) in [5, 5.41) is 3.27. The minimum absolute atomic E-state index is 0.0539. The average Bonchev–Trinajstić information content (AvgIpc) is 2.71. The van der Waals surface area contributed by atoms with E-state index in [-0.39, 0.29) is 18.4 Å². The molecule has 0 saturated carbocycles. The van der Waals surface area contributed by atoms with Crippen LogP contribution in [0, 0.1) is 0 Å². The molecular formula is C21H22N4O3. The Morgan fingerprint density at radius 1 is 1.18 bits per heavy atom. The molecule has 1 aromatic carbocycles. The van der Waals surface area contributed by atoms with E-state index in [1.165, 1.54) is 4.90 Å². The van der Waals surface area contributed by atoms with Crippen LogP contribution in [0.3, 0.4) is 0 Å². The van der Waals surface area contributed by atoms with Gasteiger partial charge >= 0.3 is 6.09 Å². The molecule has 1 N–H and O–H groups in total. The Labute approximate surface area is 163 Å². The van der Waals surface area contributed by atoms with Crippen molar-refractivity contribution in [3.8, 4) is 0 Å². The molecule has 7 nitrogen and oxygen atoms in total. The number of aromatic nitrogens is 2. The highest BCUT2D eigenvalue weighted by Gasteiger charge is 2.27. The van der Waals surface area contributed by atoms with E-state index >= 15 is 0 Å². The third-order valence-corrected chi connectivity index (χ3v) is 4.98. The molecule has 1 atom stereocenters. The number of nitrogens with one attached hydrogen (secondary N) is 1. The minimum atomic E-state index is -0.418. The molecule has 3 aliphatic heterocycles. The Morgan fingerprint density at radius 2 is 2.00 bits per heavy atom. The van der Waals surface area contributed by atoms with Crippen LogP contribution >= 0.6 is 0 Å². The number of rotatable bonds is 0. The van der Waals surface area contributed by atoms with E-state index in [0.29, 0.717) is 24.7 Å². The summed E-state index contributed by atoms with van der Waals surface area (Å²) in [4.78, 5) is 35.0. The number of amides is 1. The van der Waals surface area contributed by atoms with Gasteiger partial charge in [-0.25, -0.2) is 9.78 Å². The molecule has 3 aliphatic rings. The fourth-order valence-corrected chi connectivity index (χ4v) is 3.32. The van der Waals surface area contributed by atoms with E-state index in [1.54, 1.807) is 6.20 Å². The molecule has 0 saturated heterocycles. The molecule has 28 heavy (non-hydrogen) atoms. The first-order valence-electron chi connectivity index (χ1n) is 9.47. The van der Waals surface area contributed by atoms with Crippen LogP contribution < -0.4 is 10.2 Å². The van der Waals surface area contributed by atoms with Crippen molar-refractivity contribution in [2.24, 2.45) is 0 Å². The lowest BCUT2D eigenvalue weighted by atomic mass is 10.0. The van der Waals surface area contributed by atoms with Crippen molar-refractivity contribution in [2.75, 3.05) is 16.8 Å². The topological polar surface area (TPSA) is 84.4 Å². The number of fused-ring (bicyclic) bond motifs is 8. The fourth-order valence-electron chi connectivity index (χ4n) is 3.32. The van der Waals surface area contributed by atoms with Gasteiger partial charge in [0.15, 0.2) is 11.6 Å². The zero-order chi connectivity index (χ0) is 19.5. The van der Waals surface area contributed by atoms with Crippen molar-refractivity contribution in [2.45, 2.75) is 38.8 Å². The lowest BCUT2D eigenvalue weighted by Crippen LogP contribution is -2.37. The molecule has 7 heteroatoms. The number of anilines is 2. The van der Waals surface area contributed by atoms with Crippen LogP contribution in [-0.2, 0) is 11.3 Å². The summed E-state index contributed by atoms with van der Waals surface area (Å²) in [7, 11) is 0. The highest BCUT2D eigenvalue weighted by molar-refractivity contribution is 5.96. The maximum absolute atomic E-state index is 12.3. The minimum Gasteiger partial charge on any atom is -0.444 e. The van der Waals surface area contributed by atoms with Crippen molar-refractivity contribution in [1.82, 2.24) is 9.97 Å². The molecule has 2 aromatic rings. The first kappa shape index (κ1) is 18.2. The van der Waals surface area contributed by atoms with Crippen LogP contribution in [0.5, 0.6) is 0 Å². The average molecular weight is 378 g/mol.